The highest BCUT2D eigenvalue weighted by atomic mass is 19.1. The van der Waals surface area contributed by atoms with Gasteiger partial charge >= 0.3 is 0 Å². The third-order valence-corrected chi connectivity index (χ3v) is 8.24. The molecular weight excluding hydrogens is 521 g/mol. The van der Waals surface area contributed by atoms with Crippen LogP contribution in [0, 0.1) is 11.7 Å². The van der Waals surface area contributed by atoms with Gasteiger partial charge in [0, 0.05) is 28.4 Å². The summed E-state index contributed by atoms with van der Waals surface area (Å²) in [5.74, 6) is 0.453. The zero-order chi connectivity index (χ0) is 29.1. The Morgan fingerprint density at radius 3 is 2.71 bits per heavy atom. The minimum atomic E-state index is -0.267. The van der Waals surface area contributed by atoms with Crippen molar-refractivity contribution in [3.05, 3.63) is 115 Å². The lowest BCUT2D eigenvalue weighted by Crippen LogP contribution is -2.15. The molecule has 0 amide bonds. The Kier molecular flexibility index (Phi) is 7.87. The van der Waals surface area contributed by atoms with Crippen molar-refractivity contribution >= 4 is 27.5 Å². The number of pyridine rings is 1. The molecule has 6 rings (SSSR count). The second-order valence-electron chi connectivity index (χ2n) is 11.1. The number of allylic oxidation sites excluding steroid dienone is 5. The number of fused-ring (bicyclic) bond motifs is 2. The van der Waals surface area contributed by atoms with E-state index in [2.05, 4.69) is 69.0 Å². The Labute approximate surface area is 246 Å². The van der Waals surface area contributed by atoms with E-state index in [1.54, 1.807) is 18.3 Å². The predicted molar refractivity (Wildman–Crippen MR) is 172 cm³/mol. The minimum Gasteiger partial charge on any atom is -0.359 e. The maximum Gasteiger partial charge on any atom is 0.138 e. The summed E-state index contributed by atoms with van der Waals surface area (Å²) in [6.45, 7) is 10.4. The zero-order valence-corrected chi connectivity index (χ0v) is 24.0. The van der Waals surface area contributed by atoms with Crippen LogP contribution in [0.25, 0.3) is 50.0 Å². The molecule has 1 aliphatic carbocycles. The summed E-state index contributed by atoms with van der Waals surface area (Å²) >= 11 is 0. The van der Waals surface area contributed by atoms with Gasteiger partial charge in [0.15, 0.2) is 0 Å². The Bertz CT molecular complexity index is 1830. The summed E-state index contributed by atoms with van der Waals surface area (Å²) in [4.78, 5) is 7.96. The van der Waals surface area contributed by atoms with Gasteiger partial charge < -0.3 is 10.3 Å². The van der Waals surface area contributed by atoms with Crippen LogP contribution in [-0.2, 0) is 0 Å². The quantitative estimate of drug-likeness (QED) is 0.158. The standard InChI is InChI=1S/C36H36FN5/c1-4-25(20-29(5-2)39-23(3)18-24-10-7-6-8-11-24)26-14-15-33-32(21-26)35(42-41-33)34-22-31-30(16-17-38-36(31)40-34)27-12-9-13-28(37)19-27/h4-5,9,12-17,19-22,24,39H,2-3,6-8,10-11,18H2,1H3,(H,38,40)(H,41,42)/b25-4+,29-20+. The van der Waals surface area contributed by atoms with Gasteiger partial charge in [-0.05, 0) is 90.1 Å². The maximum absolute atomic E-state index is 14.0. The van der Waals surface area contributed by atoms with E-state index in [9.17, 15) is 4.39 Å². The van der Waals surface area contributed by atoms with Crippen LogP contribution in [0.1, 0.15) is 51.0 Å². The lowest BCUT2D eigenvalue weighted by Gasteiger charge is -2.23. The van der Waals surface area contributed by atoms with Crippen LogP contribution in [0.4, 0.5) is 4.39 Å². The van der Waals surface area contributed by atoms with E-state index in [1.165, 1.54) is 38.2 Å². The summed E-state index contributed by atoms with van der Waals surface area (Å²) in [5, 5.41) is 13.2. The van der Waals surface area contributed by atoms with Gasteiger partial charge in [0.2, 0.25) is 0 Å². The molecule has 0 saturated heterocycles. The first kappa shape index (κ1) is 27.5. The number of halogens is 1. The molecule has 212 valence electrons. The summed E-state index contributed by atoms with van der Waals surface area (Å²) in [5.41, 5.74) is 9.15. The van der Waals surface area contributed by atoms with E-state index in [1.807, 2.05) is 31.2 Å². The zero-order valence-electron chi connectivity index (χ0n) is 24.0. The smallest absolute Gasteiger partial charge is 0.138 e. The van der Waals surface area contributed by atoms with Crippen molar-refractivity contribution in [2.24, 2.45) is 5.92 Å². The normalized spacial score (nSPS) is 14.9. The summed E-state index contributed by atoms with van der Waals surface area (Å²) in [6, 6.07) is 16.9. The number of benzene rings is 2. The molecule has 0 spiro atoms. The highest BCUT2D eigenvalue weighted by molar-refractivity contribution is 6.00. The Morgan fingerprint density at radius 1 is 1.07 bits per heavy atom. The third-order valence-electron chi connectivity index (χ3n) is 8.24. The van der Waals surface area contributed by atoms with Crippen LogP contribution in [0.5, 0.6) is 0 Å². The second kappa shape index (κ2) is 12.0. The fourth-order valence-corrected chi connectivity index (χ4v) is 6.10. The number of rotatable bonds is 9. The predicted octanol–water partition coefficient (Wildman–Crippen LogP) is 9.46. The summed E-state index contributed by atoms with van der Waals surface area (Å²) < 4.78 is 14.0. The van der Waals surface area contributed by atoms with E-state index in [-0.39, 0.29) is 5.82 Å². The molecule has 2 aromatic carbocycles. The van der Waals surface area contributed by atoms with Crippen molar-refractivity contribution in [1.82, 2.24) is 25.5 Å². The molecule has 3 heterocycles. The fourth-order valence-electron chi connectivity index (χ4n) is 6.10. The number of nitrogens with one attached hydrogen (secondary N) is 3. The van der Waals surface area contributed by atoms with Gasteiger partial charge in [0.1, 0.15) is 17.2 Å². The van der Waals surface area contributed by atoms with Gasteiger partial charge in [-0.1, -0.05) is 69.5 Å². The highest BCUT2D eigenvalue weighted by Gasteiger charge is 2.17. The van der Waals surface area contributed by atoms with Gasteiger partial charge in [-0.15, -0.1) is 0 Å². The third kappa shape index (κ3) is 5.70. The van der Waals surface area contributed by atoms with Crippen LogP contribution in [0.2, 0.25) is 0 Å². The van der Waals surface area contributed by atoms with E-state index in [4.69, 9.17) is 0 Å². The largest absolute Gasteiger partial charge is 0.359 e. The first-order valence-corrected chi connectivity index (χ1v) is 14.7. The molecule has 6 heteroatoms. The number of nitrogens with zero attached hydrogens (tertiary/aromatic N) is 2. The molecule has 0 atom stereocenters. The average molecular weight is 558 g/mol. The Hall–Kier alpha value is -4.71. The van der Waals surface area contributed by atoms with Gasteiger partial charge in [-0.2, -0.15) is 5.10 Å². The van der Waals surface area contributed by atoms with Crippen LogP contribution < -0.4 is 5.32 Å². The van der Waals surface area contributed by atoms with Crippen molar-refractivity contribution < 1.29 is 4.39 Å². The Balaban J connectivity index is 1.30. The van der Waals surface area contributed by atoms with Crippen LogP contribution in [-0.4, -0.2) is 20.2 Å². The molecule has 5 nitrogen and oxygen atoms in total. The van der Waals surface area contributed by atoms with Gasteiger partial charge in [-0.25, -0.2) is 9.37 Å². The number of hydrogen-bond acceptors (Lipinski definition) is 3. The highest BCUT2D eigenvalue weighted by Crippen LogP contribution is 2.34. The van der Waals surface area contributed by atoms with Gasteiger partial charge in [0.05, 0.1) is 11.2 Å². The van der Waals surface area contributed by atoms with E-state index < -0.39 is 0 Å². The monoisotopic (exact) mass is 557 g/mol. The minimum absolute atomic E-state index is 0.267. The number of aromatic nitrogens is 4. The topological polar surface area (TPSA) is 69.4 Å². The van der Waals surface area contributed by atoms with Crippen molar-refractivity contribution in [2.75, 3.05) is 0 Å². The van der Waals surface area contributed by atoms with Crippen molar-refractivity contribution in [3.8, 4) is 22.5 Å². The molecule has 1 fully saturated rings. The van der Waals surface area contributed by atoms with E-state index in [0.717, 1.165) is 79.3 Å². The first-order chi connectivity index (χ1) is 20.5. The molecule has 3 N–H and O–H groups in total. The molecule has 0 aliphatic heterocycles. The number of aromatic amines is 2. The molecule has 5 aromatic rings. The second-order valence-corrected chi connectivity index (χ2v) is 11.1. The average Bonchev–Trinajstić information content (AvgIpc) is 3.63. The Morgan fingerprint density at radius 2 is 1.93 bits per heavy atom. The fraction of sp³-hybridized carbons (Fsp3) is 0.222. The number of hydrogen-bond donors (Lipinski definition) is 3. The van der Waals surface area contributed by atoms with Crippen LogP contribution in [0.15, 0.2) is 104 Å². The van der Waals surface area contributed by atoms with Crippen molar-refractivity contribution in [2.45, 2.75) is 45.4 Å². The van der Waals surface area contributed by atoms with Crippen molar-refractivity contribution in [1.29, 1.82) is 0 Å². The van der Waals surface area contributed by atoms with Crippen molar-refractivity contribution in [3.63, 3.8) is 0 Å². The molecule has 0 bridgehead atoms. The molecule has 1 saturated carbocycles. The van der Waals surface area contributed by atoms with E-state index in [0.29, 0.717) is 0 Å². The lowest BCUT2D eigenvalue weighted by atomic mass is 9.86. The van der Waals surface area contributed by atoms with Crippen LogP contribution >= 0.6 is 0 Å². The molecule has 0 radical (unpaired) electrons. The molecule has 1 aliphatic rings. The van der Waals surface area contributed by atoms with E-state index >= 15 is 0 Å². The molecule has 0 unspecified atom stereocenters. The molecule has 3 aromatic heterocycles. The SMILES string of the molecule is C=C/C(=C\C(=C/C)c1ccc2[nH]nc(-c3cc4c(-c5cccc(F)c5)ccnc4[nH]3)c2c1)NC(=C)CC1CCCCC1. The molecular formula is C36H36FN5. The molecule has 42 heavy (non-hydrogen) atoms. The van der Waals surface area contributed by atoms with Crippen LogP contribution in [0.3, 0.4) is 0 Å². The maximum atomic E-state index is 14.0. The first-order valence-electron chi connectivity index (χ1n) is 14.7. The summed E-state index contributed by atoms with van der Waals surface area (Å²) in [6.07, 6.45) is 15.4. The number of H-pyrrole nitrogens is 2. The summed E-state index contributed by atoms with van der Waals surface area (Å²) in [7, 11) is 0. The van der Waals surface area contributed by atoms with Gasteiger partial charge in [0.25, 0.3) is 0 Å². The lowest BCUT2D eigenvalue weighted by molar-refractivity contribution is 0.353. The van der Waals surface area contributed by atoms with Gasteiger partial charge in [-0.3, -0.25) is 5.10 Å².